The number of ether oxygens (including phenoxy) is 1. The zero-order valence-electron chi connectivity index (χ0n) is 15.6. The molecule has 10 heteroatoms. The van der Waals surface area contributed by atoms with E-state index in [-0.39, 0.29) is 17.0 Å². The third kappa shape index (κ3) is 4.65. The maximum atomic E-state index is 12.7. The van der Waals surface area contributed by atoms with Crippen molar-refractivity contribution in [3.63, 3.8) is 0 Å². The Morgan fingerprint density at radius 3 is 2.17 bits per heavy atom. The van der Waals surface area contributed by atoms with Gasteiger partial charge in [0.15, 0.2) is 0 Å². The SMILES string of the molecule is COC(=O)c1ccsc1NC(=O)c1ccsc1NC(=O)[C@H]1CCCC[C@H]1C(=O)O. The number of anilines is 2. The molecule has 8 nitrogen and oxygen atoms in total. The fourth-order valence-corrected chi connectivity index (χ4v) is 4.93. The Hall–Kier alpha value is -2.72. The summed E-state index contributed by atoms with van der Waals surface area (Å²) in [4.78, 5) is 48.6. The van der Waals surface area contributed by atoms with E-state index in [0.29, 0.717) is 22.8 Å². The summed E-state index contributed by atoms with van der Waals surface area (Å²) in [6.07, 6.45) is 2.57. The first-order valence-corrected chi connectivity index (χ1v) is 10.8. The lowest BCUT2D eigenvalue weighted by atomic mass is 9.79. The van der Waals surface area contributed by atoms with Crippen LogP contribution in [0.5, 0.6) is 0 Å². The number of nitrogens with one attached hydrogen (secondary N) is 2. The summed E-state index contributed by atoms with van der Waals surface area (Å²) in [5.74, 6) is -3.73. The molecule has 2 amide bonds. The van der Waals surface area contributed by atoms with Crippen molar-refractivity contribution >= 4 is 56.4 Å². The van der Waals surface area contributed by atoms with E-state index in [1.165, 1.54) is 29.8 Å². The summed E-state index contributed by atoms with van der Waals surface area (Å²) in [5, 5.41) is 18.8. The highest BCUT2D eigenvalue weighted by molar-refractivity contribution is 7.15. The molecule has 0 spiro atoms. The lowest BCUT2D eigenvalue weighted by molar-refractivity contribution is -0.147. The van der Waals surface area contributed by atoms with Gasteiger partial charge in [-0.25, -0.2) is 4.79 Å². The smallest absolute Gasteiger partial charge is 0.340 e. The van der Waals surface area contributed by atoms with Crippen molar-refractivity contribution in [2.24, 2.45) is 11.8 Å². The molecule has 0 unspecified atom stereocenters. The van der Waals surface area contributed by atoms with Gasteiger partial charge in [-0.2, -0.15) is 0 Å². The van der Waals surface area contributed by atoms with Crippen LogP contribution in [0.3, 0.4) is 0 Å². The Labute approximate surface area is 174 Å². The zero-order valence-corrected chi connectivity index (χ0v) is 17.2. The predicted molar refractivity (Wildman–Crippen MR) is 110 cm³/mol. The summed E-state index contributed by atoms with van der Waals surface area (Å²) < 4.78 is 4.69. The highest BCUT2D eigenvalue weighted by Crippen LogP contribution is 2.33. The van der Waals surface area contributed by atoms with Crippen LogP contribution in [0.1, 0.15) is 46.4 Å². The Kier molecular flexibility index (Phi) is 6.65. The molecule has 2 heterocycles. The van der Waals surface area contributed by atoms with E-state index in [1.807, 2.05) is 0 Å². The van der Waals surface area contributed by atoms with Gasteiger partial charge in [0.05, 0.1) is 30.1 Å². The van der Waals surface area contributed by atoms with Crippen LogP contribution in [-0.4, -0.2) is 36.0 Å². The molecule has 2 aromatic heterocycles. The number of hydrogen-bond donors (Lipinski definition) is 3. The third-order valence-corrected chi connectivity index (χ3v) is 6.52. The second kappa shape index (κ2) is 9.19. The first-order valence-electron chi connectivity index (χ1n) is 9.00. The topological polar surface area (TPSA) is 122 Å². The van der Waals surface area contributed by atoms with Gasteiger partial charge in [0, 0.05) is 0 Å². The standard InChI is InChI=1S/C19H20N2O6S2/c1-27-19(26)13-7-9-29-17(13)21-15(23)12-6-8-28-16(12)20-14(22)10-4-2-3-5-11(10)18(24)25/h6-11H,2-5H2,1H3,(H,20,22)(H,21,23)(H,24,25)/t10-,11+/m0/s1. The molecule has 1 fully saturated rings. The van der Waals surface area contributed by atoms with Crippen LogP contribution in [0.15, 0.2) is 22.9 Å². The number of carboxylic acid groups (broad SMARTS) is 1. The van der Waals surface area contributed by atoms with Crippen molar-refractivity contribution in [1.29, 1.82) is 0 Å². The largest absolute Gasteiger partial charge is 0.481 e. The van der Waals surface area contributed by atoms with Crippen LogP contribution >= 0.6 is 22.7 Å². The molecule has 0 saturated heterocycles. The van der Waals surface area contributed by atoms with Crippen LogP contribution < -0.4 is 10.6 Å². The molecule has 0 aliphatic heterocycles. The van der Waals surface area contributed by atoms with Crippen LogP contribution in [-0.2, 0) is 14.3 Å². The van der Waals surface area contributed by atoms with Crippen molar-refractivity contribution in [3.05, 3.63) is 34.0 Å². The molecule has 2 aromatic rings. The van der Waals surface area contributed by atoms with Gasteiger partial charge < -0.3 is 20.5 Å². The first kappa shape index (κ1) is 21.0. The fourth-order valence-electron chi connectivity index (χ4n) is 3.38. The maximum Gasteiger partial charge on any atom is 0.340 e. The van der Waals surface area contributed by atoms with Gasteiger partial charge in [-0.15, -0.1) is 22.7 Å². The molecular formula is C19H20N2O6S2. The zero-order chi connectivity index (χ0) is 21.0. The molecular weight excluding hydrogens is 416 g/mol. The molecule has 154 valence electrons. The van der Waals surface area contributed by atoms with Gasteiger partial charge in [-0.1, -0.05) is 12.8 Å². The van der Waals surface area contributed by atoms with E-state index in [2.05, 4.69) is 10.6 Å². The third-order valence-electron chi connectivity index (χ3n) is 4.86. The van der Waals surface area contributed by atoms with Gasteiger partial charge in [0.2, 0.25) is 5.91 Å². The number of carbonyl (C=O) groups is 4. The number of methoxy groups -OCH3 is 1. The molecule has 29 heavy (non-hydrogen) atoms. The second-order valence-electron chi connectivity index (χ2n) is 6.60. The maximum absolute atomic E-state index is 12.7. The van der Waals surface area contributed by atoms with E-state index >= 15 is 0 Å². The predicted octanol–water partition coefficient (Wildman–Crippen LogP) is 3.68. The van der Waals surface area contributed by atoms with E-state index in [9.17, 15) is 24.3 Å². The lowest BCUT2D eigenvalue weighted by Crippen LogP contribution is -2.36. The summed E-state index contributed by atoms with van der Waals surface area (Å²) in [6, 6.07) is 3.12. The van der Waals surface area contributed by atoms with E-state index in [0.717, 1.165) is 12.8 Å². The first-order chi connectivity index (χ1) is 13.9. The van der Waals surface area contributed by atoms with Gasteiger partial charge in [-0.05, 0) is 35.7 Å². The molecule has 1 aliphatic carbocycles. The summed E-state index contributed by atoms with van der Waals surface area (Å²) >= 11 is 2.36. The summed E-state index contributed by atoms with van der Waals surface area (Å²) in [6.45, 7) is 0. The number of thiophene rings is 2. The molecule has 0 aromatic carbocycles. The van der Waals surface area contributed by atoms with Crippen molar-refractivity contribution in [1.82, 2.24) is 0 Å². The quantitative estimate of drug-likeness (QED) is 0.594. The highest BCUT2D eigenvalue weighted by atomic mass is 32.1. The fraction of sp³-hybridized carbons (Fsp3) is 0.368. The number of aliphatic carboxylic acids is 1. The molecule has 1 aliphatic rings. The van der Waals surface area contributed by atoms with Crippen molar-refractivity contribution in [3.8, 4) is 0 Å². The second-order valence-corrected chi connectivity index (χ2v) is 8.43. The Morgan fingerprint density at radius 1 is 0.966 bits per heavy atom. The van der Waals surface area contributed by atoms with E-state index in [1.54, 1.807) is 22.9 Å². The van der Waals surface area contributed by atoms with Crippen molar-refractivity contribution in [2.75, 3.05) is 17.7 Å². The Bertz CT molecular complexity index is 935. The normalized spacial score (nSPS) is 18.7. The van der Waals surface area contributed by atoms with Crippen LogP contribution in [0.2, 0.25) is 0 Å². The van der Waals surface area contributed by atoms with E-state index in [4.69, 9.17) is 4.74 Å². The molecule has 3 N–H and O–H groups in total. The molecule has 0 radical (unpaired) electrons. The number of hydrogen-bond acceptors (Lipinski definition) is 7. The van der Waals surface area contributed by atoms with Gasteiger partial charge in [0.25, 0.3) is 5.91 Å². The van der Waals surface area contributed by atoms with Gasteiger partial charge >= 0.3 is 11.9 Å². The molecule has 3 rings (SSSR count). The number of amides is 2. The molecule has 2 atom stereocenters. The number of carboxylic acids is 1. The molecule has 0 bridgehead atoms. The summed E-state index contributed by atoms with van der Waals surface area (Å²) in [7, 11) is 1.26. The number of carbonyl (C=O) groups excluding carboxylic acids is 3. The van der Waals surface area contributed by atoms with Gasteiger partial charge in [0.1, 0.15) is 10.0 Å². The Morgan fingerprint density at radius 2 is 1.55 bits per heavy atom. The minimum atomic E-state index is -0.970. The van der Waals surface area contributed by atoms with Crippen molar-refractivity contribution < 1.29 is 29.0 Å². The lowest BCUT2D eigenvalue weighted by Gasteiger charge is -2.27. The molecule has 1 saturated carbocycles. The van der Waals surface area contributed by atoms with Crippen LogP contribution in [0.25, 0.3) is 0 Å². The minimum Gasteiger partial charge on any atom is -0.481 e. The monoisotopic (exact) mass is 436 g/mol. The van der Waals surface area contributed by atoms with Crippen molar-refractivity contribution in [2.45, 2.75) is 25.7 Å². The number of esters is 1. The van der Waals surface area contributed by atoms with Gasteiger partial charge in [-0.3, -0.25) is 14.4 Å². The number of rotatable bonds is 6. The average Bonchev–Trinajstić information content (AvgIpc) is 3.36. The Balaban J connectivity index is 1.73. The van der Waals surface area contributed by atoms with E-state index < -0.39 is 29.7 Å². The highest BCUT2D eigenvalue weighted by Gasteiger charge is 2.36. The van der Waals surface area contributed by atoms with Crippen LogP contribution in [0, 0.1) is 11.8 Å². The average molecular weight is 437 g/mol. The minimum absolute atomic E-state index is 0.246. The summed E-state index contributed by atoms with van der Waals surface area (Å²) in [5.41, 5.74) is 0.494. The van der Waals surface area contributed by atoms with Crippen LogP contribution in [0.4, 0.5) is 10.0 Å².